The van der Waals surface area contributed by atoms with E-state index in [-0.39, 0.29) is 30.6 Å². The third-order valence-electron chi connectivity index (χ3n) is 4.21. The van der Waals surface area contributed by atoms with Gasteiger partial charge in [-0.1, -0.05) is 25.5 Å². The van der Waals surface area contributed by atoms with Crippen molar-refractivity contribution in [2.75, 3.05) is 20.3 Å². The Hall–Kier alpha value is -1.75. The quantitative estimate of drug-likeness (QED) is 0.838. The molecule has 0 aromatic heterocycles. The van der Waals surface area contributed by atoms with E-state index in [4.69, 9.17) is 9.47 Å². The predicted octanol–water partition coefficient (Wildman–Crippen LogP) is 1.74. The van der Waals surface area contributed by atoms with Gasteiger partial charge in [0.25, 0.3) is 5.91 Å². The van der Waals surface area contributed by atoms with Gasteiger partial charge in [-0.05, 0) is 25.0 Å². The number of nitrogens with one attached hydrogen (secondary N) is 1. The lowest BCUT2D eigenvalue weighted by atomic mass is 9.86. The number of aliphatic hydroxyl groups is 1. The fourth-order valence-corrected chi connectivity index (χ4v) is 2.79. The molecule has 5 heteroatoms. The Morgan fingerprint density at radius 3 is 2.81 bits per heavy atom. The molecule has 1 saturated carbocycles. The molecule has 1 aromatic carbocycles. The Morgan fingerprint density at radius 2 is 2.14 bits per heavy atom. The summed E-state index contributed by atoms with van der Waals surface area (Å²) in [6, 6.07) is 7.23. The third kappa shape index (κ3) is 3.67. The number of aliphatic hydroxyl groups excluding tert-OH is 1. The van der Waals surface area contributed by atoms with Gasteiger partial charge in [-0.25, -0.2) is 0 Å². The Kier molecular flexibility index (Phi) is 5.07. The molecule has 1 aliphatic carbocycles. The highest BCUT2D eigenvalue weighted by molar-refractivity contribution is 5.78. The van der Waals surface area contributed by atoms with Crippen LogP contribution >= 0.6 is 0 Å². The molecule has 1 amide bonds. The zero-order valence-corrected chi connectivity index (χ0v) is 12.6. The van der Waals surface area contributed by atoms with Crippen LogP contribution in [0.2, 0.25) is 0 Å². The number of rotatable bonds is 6. The fourth-order valence-electron chi connectivity index (χ4n) is 2.79. The van der Waals surface area contributed by atoms with Crippen LogP contribution in [0.1, 0.15) is 26.2 Å². The predicted molar refractivity (Wildman–Crippen MR) is 79.5 cm³/mol. The van der Waals surface area contributed by atoms with Crippen molar-refractivity contribution < 1.29 is 19.4 Å². The van der Waals surface area contributed by atoms with Crippen molar-refractivity contribution in [1.82, 2.24) is 5.32 Å². The van der Waals surface area contributed by atoms with Crippen LogP contribution in [0.15, 0.2) is 24.3 Å². The highest BCUT2D eigenvalue weighted by Gasteiger charge is 2.39. The summed E-state index contributed by atoms with van der Waals surface area (Å²) in [4.78, 5) is 12.0. The smallest absolute Gasteiger partial charge is 0.258 e. The van der Waals surface area contributed by atoms with Crippen molar-refractivity contribution in [3.05, 3.63) is 24.3 Å². The van der Waals surface area contributed by atoms with E-state index in [0.29, 0.717) is 11.5 Å². The number of methoxy groups -OCH3 is 1. The first-order valence-corrected chi connectivity index (χ1v) is 7.25. The number of hydrogen-bond donors (Lipinski definition) is 2. The summed E-state index contributed by atoms with van der Waals surface area (Å²) in [7, 11) is 1.56. The maximum Gasteiger partial charge on any atom is 0.258 e. The lowest BCUT2D eigenvalue weighted by molar-refractivity contribution is -0.124. The van der Waals surface area contributed by atoms with E-state index in [1.54, 1.807) is 19.2 Å². The molecule has 0 bridgehead atoms. The normalized spacial score (nSPS) is 24.6. The zero-order valence-electron chi connectivity index (χ0n) is 12.6. The summed E-state index contributed by atoms with van der Waals surface area (Å²) in [5, 5.41) is 12.4. The van der Waals surface area contributed by atoms with Crippen molar-refractivity contribution in [3.63, 3.8) is 0 Å². The monoisotopic (exact) mass is 293 g/mol. The van der Waals surface area contributed by atoms with E-state index in [9.17, 15) is 9.90 Å². The molecular weight excluding hydrogens is 270 g/mol. The summed E-state index contributed by atoms with van der Waals surface area (Å²) in [5.41, 5.74) is -0.222. The first-order valence-electron chi connectivity index (χ1n) is 7.25. The molecule has 0 saturated heterocycles. The number of ether oxygens (including phenoxy) is 2. The molecule has 0 radical (unpaired) electrons. The summed E-state index contributed by atoms with van der Waals surface area (Å²) >= 11 is 0. The molecule has 1 aromatic rings. The van der Waals surface area contributed by atoms with Gasteiger partial charge in [-0.2, -0.15) is 0 Å². The van der Waals surface area contributed by atoms with Gasteiger partial charge >= 0.3 is 0 Å². The van der Waals surface area contributed by atoms with Gasteiger partial charge in [0.1, 0.15) is 0 Å². The van der Waals surface area contributed by atoms with Gasteiger partial charge in [-0.15, -0.1) is 0 Å². The van der Waals surface area contributed by atoms with Crippen LogP contribution in [0.3, 0.4) is 0 Å². The number of carbonyl (C=O) groups is 1. The van der Waals surface area contributed by atoms with Gasteiger partial charge in [0.05, 0.1) is 13.7 Å². The van der Waals surface area contributed by atoms with Crippen molar-refractivity contribution in [3.8, 4) is 11.5 Å². The van der Waals surface area contributed by atoms with Gasteiger partial charge in [0, 0.05) is 11.5 Å². The molecule has 2 atom stereocenters. The van der Waals surface area contributed by atoms with Crippen molar-refractivity contribution in [2.45, 2.75) is 32.2 Å². The molecule has 0 heterocycles. The Labute approximate surface area is 125 Å². The van der Waals surface area contributed by atoms with Crippen LogP contribution in [-0.4, -0.2) is 37.4 Å². The molecule has 2 rings (SSSR count). The number of hydrogen-bond acceptors (Lipinski definition) is 4. The molecule has 5 nitrogen and oxygen atoms in total. The van der Waals surface area contributed by atoms with Gasteiger partial charge < -0.3 is 19.9 Å². The van der Waals surface area contributed by atoms with E-state index in [0.717, 1.165) is 19.3 Å². The van der Waals surface area contributed by atoms with Crippen LogP contribution in [0, 0.1) is 5.41 Å². The molecular formula is C16H23NO4. The van der Waals surface area contributed by atoms with Crippen LogP contribution in [0.25, 0.3) is 0 Å². The zero-order chi connectivity index (χ0) is 15.3. The minimum atomic E-state index is -0.222. The SMILES string of the molecule is COc1ccccc1OCC(=O)N[C@H]1CCC[C@]1(C)CO. The summed E-state index contributed by atoms with van der Waals surface area (Å²) in [6.45, 7) is 2.04. The first kappa shape index (κ1) is 15.6. The second kappa shape index (κ2) is 6.80. The minimum absolute atomic E-state index is 0.0104. The van der Waals surface area contributed by atoms with Crippen molar-refractivity contribution >= 4 is 5.91 Å². The number of carbonyl (C=O) groups excluding carboxylic acids is 1. The van der Waals surface area contributed by atoms with Crippen molar-refractivity contribution in [1.29, 1.82) is 0 Å². The van der Waals surface area contributed by atoms with E-state index in [1.165, 1.54) is 0 Å². The third-order valence-corrected chi connectivity index (χ3v) is 4.21. The Balaban J connectivity index is 1.88. The van der Waals surface area contributed by atoms with Crippen LogP contribution in [0.5, 0.6) is 11.5 Å². The molecule has 116 valence electrons. The molecule has 0 unspecified atom stereocenters. The average molecular weight is 293 g/mol. The highest BCUT2D eigenvalue weighted by Crippen LogP contribution is 2.37. The largest absolute Gasteiger partial charge is 0.493 e. The molecule has 1 aliphatic rings. The Morgan fingerprint density at radius 1 is 1.43 bits per heavy atom. The van der Waals surface area contributed by atoms with Gasteiger partial charge in [-0.3, -0.25) is 4.79 Å². The molecule has 0 spiro atoms. The standard InChI is InChI=1S/C16H23NO4/c1-16(11-18)9-5-8-14(16)17-15(19)10-21-13-7-4-3-6-12(13)20-2/h3-4,6-7,14,18H,5,8-11H2,1-2H3,(H,17,19)/t14-,16+/m0/s1. The number of para-hydroxylation sites is 2. The summed E-state index contributed by atoms with van der Waals surface area (Å²) < 4.78 is 10.7. The number of benzene rings is 1. The lowest BCUT2D eigenvalue weighted by Crippen LogP contribution is -2.46. The second-order valence-electron chi connectivity index (χ2n) is 5.76. The van der Waals surface area contributed by atoms with E-state index < -0.39 is 0 Å². The fraction of sp³-hybridized carbons (Fsp3) is 0.562. The molecule has 1 fully saturated rings. The molecule has 2 N–H and O–H groups in total. The van der Waals surface area contributed by atoms with Gasteiger partial charge in [0.2, 0.25) is 0 Å². The second-order valence-corrected chi connectivity index (χ2v) is 5.76. The number of amides is 1. The van der Waals surface area contributed by atoms with E-state index >= 15 is 0 Å². The average Bonchev–Trinajstić information content (AvgIpc) is 2.87. The highest BCUT2D eigenvalue weighted by atomic mass is 16.5. The maximum absolute atomic E-state index is 12.0. The lowest BCUT2D eigenvalue weighted by Gasteiger charge is -2.30. The van der Waals surface area contributed by atoms with Crippen LogP contribution in [0.4, 0.5) is 0 Å². The topological polar surface area (TPSA) is 67.8 Å². The van der Waals surface area contributed by atoms with Gasteiger partial charge in [0.15, 0.2) is 18.1 Å². The minimum Gasteiger partial charge on any atom is -0.493 e. The van der Waals surface area contributed by atoms with Crippen LogP contribution in [-0.2, 0) is 4.79 Å². The van der Waals surface area contributed by atoms with E-state index in [2.05, 4.69) is 5.32 Å². The molecule has 0 aliphatic heterocycles. The first-order chi connectivity index (χ1) is 10.1. The van der Waals surface area contributed by atoms with Crippen molar-refractivity contribution in [2.24, 2.45) is 5.41 Å². The molecule has 21 heavy (non-hydrogen) atoms. The maximum atomic E-state index is 12.0. The van der Waals surface area contributed by atoms with E-state index in [1.807, 2.05) is 19.1 Å². The summed E-state index contributed by atoms with van der Waals surface area (Å²) in [6.07, 6.45) is 2.86. The van der Waals surface area contributed by atoms with Crippen LogP contribution < -0.4 is 14.8 Å². The summed E-state index contributed by atoms with van der Waals surface area (Å²) in [5.74, 6) is 0.977. The Bertz CT molecular complexity index is 491.